The Morgan fingerprint density at radius 1 is 1.28 bits per heavy atom. The molecule has 2 aliphatic heterocycles. The van der Waals surface area contributed by atoms with Gasteiger partial charge in [-0.25, -0.2) is 0 Å². The SMILES string of the molecule is O=C(C1CO1)N1CCCCC1Cc1ccccc1. The van der Waals surface area contributed by atoms with Crippen LogP contribution in [0.15, 0.2) is 30.3 Å². The number of amides is 1. The van der Waals surface area contributed by atoms with E-state index >= 15 is 0 Å². The van der Waals surface area contributed by atoms with Gasteiger partial charge in [0.25, 0.3) is 5.91 Å². The monoisotopic (exact) mass is 245 g/mol. The molecule has 18 heavy (non-hydrogen) atoms. The summed E-state index contributed by atoms with van der Waals surface area (Å²) >= 11 is 0. The molecule has 3 heteroatoms. The highest BCUT2D eigenvalue weighted by atomic mass is 16.6. The fourth-order valence-electron chi connectivity index (χ4n) is 2.76. The number of ether oxygens (including phenoxy) is 1. The first-order valence-corrected chi connectivity index (χ1v) is 6.80. The summed E-state index contributed by atoms with van der Waals surface area (Å²) < 4.78 is 5.13. The lowest BCUT2D eigenvalue weighted by Gasteiger charge is -2.35. The van der Waals surface area contributed by atoms with Crippen LogP contribution in [-0.2, 0) is 16.0 Å². The van der Waals surface area contributed by atoms with E-state index in [0.717, 1.165) is 25.8 Å². The number of hydrogen-bond donors (Lipinski definition) is 0. The zero-order valence-electron chi connectivity index (χ0n) is 10.5. The Labute approximate surface area is 108 Å². The van der Waals surface area contributed by atoms with Gasteiger partial charge in [-0.1, -0.05) is 30.3 Å². The van der Waals surface area contributed by atoms with Crippen LogP contribution in [0.5, 0.6) is 0 Å². The third-order valence-electron chi connectivity index (χ3n) is 3.83. The van der Waals surface area contributed by atoms with Crippen molar-refractivity contribution in [2.75, 3.05) is 13.2 Å². The summed E-state index contributed by atoms with van der Waals surface area (Å²) in [5, 5.41) is 0. The largest absolute Gasteiger partial charge is 0.363 e. The summed E-state index contributed by atoms with van der Waals surface area (Å²) in [5.74, 6) is 0.204. The summed E-state index contributed by atoms with van der Waals surface area (Å²) in [6.45, 7) is 1.52. The van der Waals surface area contributed by atoms with Crippen molar-refractivity contribution in [3.8, 4) is 0 Å². The van der Waals surface area contributed by atoms with Crippen LogP contribution in [0.2, 0.25) is 0 Å². The molecule has 3 rings (SSSR count). The normalized spacial score (nSPS) is 27.0. The molecule has 2 aliphatic rings. The van der Waals surface area contributed by atoms with Crippen molar-refractivity contribution in [1.82, 2.24) is 4.90 Å². The van der Waals surface area contributed by atoms with Crippen LogP contribution in [0.1, 0.15) is 24.8 Å². The van der Waals surface area contributed by atoms with Crippen molar-refractivity contribution in [3.05, 3.63) is 35.9 Å². The Morgan fingerprint density at radius 3 is 2.78 bits per heavy atom. The Kier molecular flexibility index (Phi) is 3.33. The van der Waals surface area contributed by atoms with Crippen molar-refractivity contribution >= 4 is 5.91 Å². The van der Waals surface area contributed by atoms with Crippen LogP contribution in [-0.4, -0.2) is 36.1 Å². The molecule has 0 aromatic heterocycles. The van der Waals surface area contributed by atoms with Gasteiger partial charge in [0.15, 0.2) is 6.10 Å². The number of piperidine rings is 1. The third-order valence-corrected chi connectivity index (χ3v) is 3.83. The first-order chi connectivity index (χ1) is 8.84. The van der Waals surface area contributed by atoms with Gasteiger partial charge in [0.2, 0.25) is 0 Å². The maximum atomic E-state index is 12.2. The lowest BCUT2D eigenvalue weighted by Crippen LogP contribution is -2.46. The Balaban J connectivity index is 1.69. The van der Waals surface area contributed by atoms with Gasteiger partial charge in [0, 0.05) is 12.6 Å². The van der Waals surface area contributed by atoms with Gasteiger partial charge in [-0.05, 0) is 31.2 Å². The molecule has 0 radical (unpaired) electrons. The lowest BCUT2D eigenvalue weighted by molar-refractivity contribution is -0.136. The van der Waals surface area contributed by atoms with Crippen LogP contribution in [0, 0.1) is 0 Å². The molecular weight excluding hydrogens is 226 g/mol. The zero-order valence-corrected chi connectivity index (χ0v) is 10.5. The summed E-state index contributed by atoms with van der Waals surface area (Å²) in [4.78, 5) is 14.2. The standard InChI is InChI=1S/C15H19NO2/c17-15(14-11-18-14)16-9-5-4-8-13(16)10-12-6-2-1-3-7-12/h1-3,6-7,13-14H,4-5,8-11H2. The second kappa shape index (κ2) is 5.11. The van der Waals surface area contributed by atoms with E-state index in [-0.39, 0.29) is 12.0 Å². The number of hydrogen-bond acceptors (Lipinski definition) is 2. The summed E-state index contributed by atoms with van der Waals surface area (Å²) in [6.07, 6.45) is 4.31. The molecule has 0 aliphatic carbocycles. The van der Waals surface area contributed by atoms with E-state index < -0.39 is 0 Å². The topological polar surface area (TPSA) is 32.8 Å². The molecule has 2 saturated heterocycles. The molecule has 0 N–H and O–H groups in total. The highest BCUT2D eigenvalue weighted by Gasteiger charge is 2.38. The number of epoxide rings is 1. The van der Waals surface area contributed by atoms with E-state index in [1.165, 1.54) is 12.0 Å². The predicted molar refractivity (Wildman–Crippen MR) is 69.2 cm³/mol. The first kappa shape index (κ1) is 11.7. The minimum Gasteiger partial charge on any atom is -0.363 e. The number of carbonyl (C=O) groups excluding carboxylic acids is 1. The molecule has 2 heterocycles. The van der Waals surface area contributed by atoms with Crippen molar-refractivity contribution < 1.29 is 9.53 Å². The van der Waals surface area contributed by atoms with Crippen molar-refractivity contribution in [3.63, 3.8) is 0 Å². The fourth-order valence-corrected chi connectivity index (χ4v) is 2.76. The smallest absolute Gasteiger partial charge is 0.254 e. The van der Waals surface area contributed by atoms with E-state index in [0.29, 0.717) is 12.6 Å². The maximum absolute atomic E-state index is 12.2. The van der Waals surface area contributed by atoms with E-state index in [2.05, 4.69) is 24.3 Å². The number of nitrogens with zero attached hydrogens (tertiary/aromatic N) is 1. The third kappa shape index (κ3) is 2.56. The van der Waals surface area contributed by atoms with Crippen molar-refractivity contribution in [2.45, 2.75) is 37.8 Å². The number of carbonyl (C=O) groups is 1. The van der Waals surface area contributed by atoms with E-state index in [1.54, 1.807) is 0 Å². The van der Waals surface area contributed by atoms with Gasteiger partial charge < -0.3 is 9.64 Å². The molecule has 3 nitrogen and oxygen atoms in total. The Morgan fingerprint density at radius 2 is 2.06 bits per heavy atom. The average molecular weight is 245 g/mol. The van der Waals surface area contributed by atoms with Crippen LogP contribution in [0.3, 0.4) is 0 Å². The molecule has 1 aromatic carbocycles. The molecule has 2 fully saturated rings. The lowest BCUT2D eigenvalue weighted by atomic mass is 9.95. The van der Waals surface area contributed by atoms with Gasteiger partial charge in [-0.15, -0.1) is 0 Å². The molecule has 1 amide bonds. The van der Waals surface area contributed by atoms with Gasteiger partial charge in [-0.2, -0.15) is 0 Å². The molecular formula is C15H19NO2. The van der Waals surface area contributed by atoms with E-state index in [9.17, 15) is 4.79 Å². The molecule has 0 bridgehead atoms. The van der Waals surface area contributed by atoms with E-state index in [4.69, 9.17) is 4.74 Å². The second-order valence-corrected chi connectivity index (χ2v) is 5.19. The van der Waals surface area contributed by atoms with Gasteiger partial charge in [0.1, 0.15) is 0 Å². The molecule has 2 unspecified atom stereocenters. The zero-order chi connectivity index (χ0) is 12.4. The molecule has 2 atom stereocenters. The van der Waals surface area contributed by atoms with Gasteiger partial charge >= 0.3 is 0 Å². The maximum Gasteiger partial charge on any atom is 0.254 e. The van der Waals surface area contributed by atoms with E-state index in [1.807, 2.05) is 11.0 Å². The molecule has 96 valence electrons. The Hall–Kier alpha value is -1.35. The first-order valence-electron chi connectivity index (χ1n) is 6.80. The minimum absolute atomic E-state index is 0.138. The molecule has 0 saturated carbocycles. The average Bonchev–Trinajstić information content (AvgIpc) is 3.24. The highest BCUT2D eigenvalue weighted by Crippen LogP contribution is 2.24. The number of benzene rings is 1. The number of likely N-dealkylation sites (tertiary alicyclic amines) is 1. The van der Waals surface area contributed by atoms with Crippen molar-refractivity contribution in [2.24, 2.45) is 0 Å². The van der Waals surface area contributed by atoms with Gasteiger partial charge in [0.05, 0.1) is 6.61 Å². The summed E-state index contributed by atoms with van der Waals surface area (Å²) in [6, 6.07) is 10.8. The Bertz CT molecular complexity index is 414. The summed E-state index contributed by atoms with van der Waals surface area (Å²) in [7, 11) is 0. The molecule has 1 aromatic rings. The predicted octanol–water partition coefficient (Wildman–Crippen LogP) is 2.01. The number of rotatable bonds is 3. The van der Waals surface area contributed by atoms with Crippen molar-refractivity contribution in [1.29, 1.82) is 0 Å². The molecule has 0 spiro atoms. The van der Waals surface area contributed by atoms with Gasteiger partial charge in [-0.3, -0.25) is 4.79 Å². The highest BCUT2D eigenvalue weighted by molar-refractivity contribution is 5.83. The van der Waals surface area contributed by atoms with Crippen LogP contribution >= 0.6 is 0 Å². The van der Waals surface area contributed by atoms with Crippen LogP contribution in [0.4, 0.5) is 0 Å². The fraction of sp³-hybridized carbons (Fsp3) is 0.533. The summed E-state index contributed by atoms with van der Waals surface area (Å²) in [5.41, 5.74) is 1.32. The van der Waals surface area contributed by atoms with Crippen LogP contribution in [0.25, 0.3) is 0 Å². The quantitative estimate of drug-likeness (QED) is 0.763. The second-order valence-electron chi connectivity index (χ2n) is 5.19. The minimum atomic E-state index is -0.138. The van der Waals surface area contributed by atoms with Crippen LogP contribution < -0.4 is 0 Å².